The first-order valence-electron chi connectivity index (χ1n) is 5.88. The SMILES string of the molecule is CN(CCCCCN)c1nccn2cnnc12. The lowest BCUT2D eigenvalue weighted by molar-refractivity contribution is 0.676. The van der Waals surface area contributed by atoms with Crippen molar-refractivity contribution < 1.29 is 0 Å². The second-order valence-corrected chi connectivity index (χ2v) is 4.08. The summed E-state index contributed by atoms with van der Waals surface area (Å²) in [6, 6.07) is 0. The molecule has 0 radical (unpaired) electrons. The maximum Gasteiger partial charge on any atom is 0.203 e. The van der Waals surface area contributed by atoms with Crippen molar-refractivity contribution in [2.75, 3.05) is 25.0 Å². The van der Waals surface area contributed by atoms with Crippen molar-refractivity contribution in [3.63, 3.8) is 0 Å². The van der Waals surface area contributed by atoms with E-state index < -0.39 is 0 Å². The normalized spacial score (nSPS) is 10.9. The van der Waals surface area contributed by atoms with Gasteiger partial charge in [0, 0.05) is 26.0 Å². The third-order valence-electron chi connectivity index (χ3n) is 2.76. The highest BCUT2D eigenvalue weighted by atomic mass is 15.3. The monoisotopic (exact) mass is 234 g/mol. The van der Waals surface area contributed by atoms with Gasteiger partial charge in [0.1, 0.15) is 6.33 Å². The summed E-state index contributed by atoms with van der Waals surface area (Å²) in [4.78, 5) is 6.47. The van der Waals surface area contributed by atoms with Gasteiger partial charge in [-0.1, -0.05) is 6.42 Å². The molecular formula is C11H18N6. The Morgan fingerprint density at radius 1 is 1.35 bits per heavy atom. The molecule has 17 heavy (non-hydrogen) atoms. The molecule has 0 aliphatic rings. The molecule has 0 atom stereocenters. The van der Waals surface area contributed by atoms with Gasteiger partial charge in [-0.05, 0) is 19.4 Å². The summed E-state index contributed by atoms with van der Waals surface area (Å²) in [5, 5.41) is 7.96. The van der Waals surface area contributed by atoms with E-state index in [9.17, 15) is 0 Å². The summed E-state index contributed by atoms with van der Waals surface area (Å²) in [6.45, 7) is 1.72. The Labute approximate surface area is 100 Å². The van der Waals surface area contributed by atoms with E-state index in [0.717, 1.165) is 43.8 Å². The molecule has 2 aromatic heterocycles. The summed E-state index contributed by atoms with van der Waals surface area (Å²) in [7, 11) is 2.03. The number of anilines is 1. The zero-order valence-electron chi connectivity index (χ0n) is 10.1. The average Bonchev–Trinajstić information content (AvgIpc) is 2.82. The van der Waals surface area contributed by atoms with Crippen molar-refractivity contribution in [3.8, 4) is 0 Å². The molecule has 0 fully saturated rings. The van der Waals surface area contributed by atoms with Crippen LogP contribution in [0.5, 0.6) is 0 Å². The van der Waals surface area contributed by atoms with Gasteiger partial charge in [-0.2, -0.15) is 0 Å². The van der Waals surface area contributed by atoms with Crippen LogP contribution in [0.15, 0.2) is 18.7 Å². The van der Waals surface area contributed by atoms with Crippen molar-refractivity contribution in [3.05, 3.63) is 18.7 Å². The topological polar surface area (TPSA) is 72.3 Å². The van der Waals surface area contributed by atoms with Crippen LogP contribution in [0.1, 0.15) is 19.3 Å². The van der Waals surface area contributed by atoms with E-state index in [4.69, 9.17) is 5.73 Å². The fraction of sp³-hybridized carbons (Fsp3) is 0.545. The highest BCUT2D eigenvalue weighted by Gasteiger charge is 2.09. The number of aromatic nitrogens is 4. The van der Waals surface area contributed by atoms with Crippen LogP contribution in [-0.2, 0) is 0 Å². The summed E-state index contributed by atoms with van der Waals surface area (Å²) in [5.74, 6) is 0.873. The smallest absolute Gasteiger partial charge is 0.203 e. The fourth-order valence-corrected chi connectivity index (χ4v) is 1.79. The Morgan fingerprint density at radius 3 is 3.06 bits per heavy atom. The van der Waals surface area contributed by atoms with Crippen molar-refractivity contribution in [1.82, 2.24) is 19.6 Å². The molecule has 0 aliphatic carbocycles. The third-order valence-corrected chi connectivity index (χ3v) is 2.76. The summed E-state index contributed by atoms with van der Waals surface area (Å²) < 4.78 is 1.87. The number of hydrogen-bond donors (Lipinski definition) is 1. The first kappa shape index (κ1) is 11.8. The zero-order valence-corrected chi connectivity index (χ0v) is 10.1. The van der Waals surface area contributed by atoms with Crippen LogP contribution >= 0.6 is 0 Å². The number of fused-ring (bicyclic) bond motifs is 1. The number of hydrogen-bond acceptors (Lipinski definition) is 5. The van der Waals surface area contributed by atoms with Gasteiger partial charge in [-0.3, -0.25) is 4.40 Å². The Balaban J connectivity index is 2.03. The minimum absolute atomic E-state index is 0.766. The molecule has 2 heterocycles. The van der Waals surface area contributed by atoms with Crippen LogP contribution in [0.2, 0.25) is 0 Å². The molecule has 6 heteroatoms. The lowest BCUT2D eigenvalue weighted by atomic mass is 10.2. The Morgan fingerprint density at radius 2 is 2.24 bits per heavy atom. The van der Waals surface area contributed by atoms with E-state index >= 15 is 0 Å². The second-order valence-electron chi connectivity index (χ2n) is 4.08. The predicted octanol–water partition coefficient (Wildman–Crippen LogP) is 0.689. The molecule has 0 aliphatic heterocycles. The molecule has 0 unspecified atom stereocenters. The second kappa shape index (κ2) is 5.58. The highest BCUT2D eigenvalue weighted by molar-refractivity contribution is 5.62. The van der Waals surface area contributed by atoms with Gasteiger partial charge in [0.25, 0.3) is 0 Å². The Kier molecular flexibility index (Phi) is 3.87. The van der Waals surface area contributed by atoms with Gasteiger partial charge in [-0.15, -0.1) is 10.2 Å². The molecule has 0 amide bonds. The van der Waals surface area contributed by atoms with Gasteiger partial charge < -0.3 is 10.6 Å². The van der Waals surface area contributed by atoms with Gasteiger partial charge >= 0.3 is 0 Å². The van der Waals surface area contributed by atoms with Crippen LogP contribution in [0.3, 0.4) is 0 Å². The molecule has 0 aromatic carbocycles. The maximum absolute atomic E-state index is 5.47. The van der Waals surface area contributed by atoms with Crippen molar-refractivity contribution in [1.29, 1.82) is 0 Å². The number of rotatable bonds is 6. The first-order valence-corrected chi connectivity index (χ1v) is 5.88. The molecule has 92 valence electrons. The fourth-order valence-electron chi connectivity index (χ4n) is 1.79. The Hall–Kier alpha value is -1.69. The van der Waals surface area contributed by atoms with Gasteiger partial charge in [-0.25, -0.2) is 4.98 Å². The van der Waals surface area contributed by atoms with Crippen LogP contribution in [0.25, 0.3) is 5.65 Å². The number of unbranched alkanes of at least 4 members (excludes halogenated alkanes) is 2. The maximum atomic E-state index is 5.47. The molecule has 0 bridgehead atoms. The highest BCUT2D eigenvalue weighted by Crippen LogP contribution is 2.14. The van der Waals surface area contributed by atoms with Gasteiger partial charge in [0.15, 0.2) is 5.82 Å². The van der Waals surface area contributed by atoms with E-state index in [-0.39, 0.29) is 0 Å². The van der Waals surface area contributed by atoms with E-state index in [1.807, 2.05) is 17.6 Å². The average molecular weight is 234 g/mol. The minimum Gasteiger partial charge on any atom is -0.357 e. The lowest BCUT2D eigenvalue weighted by Gasteiger charge is -2.17. The quantitative estimate of drug-likeness (QED) is 0.744. The zero-order chi connectivity index (χ0) is 12.1. The van der Waals surface area contributed by atoms with Crippen LogP contribution < -0.4 is 10.6 Å². The summed E-state index contributed by atoms with van der Waals surface area (Å²) in [5.41, 5.74) is 6.27. The van der Waals surface area contributed by atoms with Crippen molar-refractivity contribution >= 4 is 11.5 Å². The van der Waals surface area contributed by atoms with Crippen molar-refractivity contribution in [2.24, 2.45) is 5.73 Å². The minimum atomic E-state index is 0.766. The lowest BCUT2D eigenvalue weighted by Crippen LogP contribution is -2.20. The Bertz CT molecular complexity index is 466. The summed E-state index contributed by atoms with van der Waals surface area (Å²) in [6.07, 6.45) is 8.64. The molecule has 2 rings (SSSR count). The first-order chi connectivity index (χ1) is 8.33. The number of nitrogens with zero attached hydrogens (tertiary/aromatic N) is 5. The molecule has 0 saturated carbocycles. The molecule has 0 spiro atoms. The van der Waals surface area contributed by atoms with E-state index in [1.54, 1.807) is 12.5 Å². The predicted molar refractivity (Wildman–Crippen MR) is 67.0 cm³/mol. The van der Waals surface area contributed by atoms with E-state index in [0.29, 0.717) is 0 Å². The van der Waals surface area contributed by atoms with E-state index in [1.165, 1.54) is 0 Å². The van der Waals surface area contributed by atoms with Crippen LogP contribution in [-0.4, -0.2) is 39.7 Å². The largest absolute Gasteiger partial charge is 0.357 e. The van der Waals surface area contributed by atoms with Crippen LogP contribution in [0.4, 0.5) is 5.82 Å². The standard InChI is InChI=1S/C11H18N6/c1-16(7-4-2-3-5-12)10-11-15-14-9-17(11)8-6-13-10/h6,8-9H,2-5,7,12H2,1H3. The van der Waals surface area contributed by atoms with Gasteiger partial charge in [0.2, 0.25) is 5.65 Å². The molecule has 0 saturated heterocycles. The van der Waals surface area contributed by atoms with Crippen molar-refractivity contribution in [2.45, 2.75) is 19.3 Å². The summed E-state index contributed by atoms with van der Waals surface area (Å²) >= 11 is 0. The van der Waals surface area contributed by atoms with E-state index in [2.05, 4.69) is 20.1 Å². The van der Waals surface area contributed by atoms with Crippen LogP contribution in [0, 0.1) is 0 Å². The molecule has 2 aromatic rings. The third kappa shape index (κ3) is 2.71. The molecular weight excluding hydrogens is 216 g/mol. The van der Waals surface area contributed by atoms with Gasteiger partial charge in [0.05, 0.1) is 0 Å². The number of nitrogens with two attached hydrogens (primary N) is 1. The molecule has 2 N–H and O–H groups in total. The molecule has 6 nitrogen and oxygen atoms in total.